The van der Waals surface area contributed by atoms with Crippen LogP contribution in [0.25, 0.3) is 0 Å². The molecule has 0 fully saturated rings. The van der Waals surface area contributed by atoms with Crippen LogP contribution in [0.5, 0.6) is 11.5 Å². The number of benzene rings is 1. The predicted molar refractivity (Wildman–Crippen MR) is 87.0 cm³/mol. The zero-order chi connectivity index (χ0) is 16.2. The summed E-state index contributed by atoms with van der Waals surface area (Å²) in [5.41, 5.74) is 2.40. The van der Waals surface area contributed by atoms with Gasteiger partial charge in [-0.15, -0.1) is 0 Å². The van der Waals surface area contributed by atoms with Gasteiger partial charge in [0.25, 0.3) is 5.91 Å². The predicted octanol–water partition coefficient (Wildman–Crippen LogP) is 2.38. The number of nitrogens with one attached hydrogen (secondary N) is 1. The first-order valence-corrected chi connectivity index (χ1v) is 7.68. The van der Waals surface area contributed by atoms with E-state index < -0.39 is 0 Å². The number of hydrogen-bond acceptors (Lipinski definition) is 4. The van der Waals surface area contributed by atoms with Crippen molar-refractivity contribution in [1.29, 1.82) is 0 Å². The summed E-state index contributed by atoms with van der Waals surface area (Å²) in [6.07, 6.45) is 0.855. The molecule has 3 rings (SSSR count). The van der Waals surface area contributed by atoms with Crippen LogP contribution in [0.15, 0.2) is 36.4 Å². The number of carbonyl (C=O) groups excluding carboxylic acids is 1. The molecule has 23 heavy (non-hydrogen) atoms. The van der Waals surface area contributed by atoms with E-state index in [0.717, 1.165) is 29.2 Å². The molecular weight excluding hydrogens is 292 g/mol. The van der Waals surface area contributed by atoms with Gasteiger partial charge in [-0.25, -0.2) is 4.98 Å². The maximum Gasteiger partial charge on any atom is 0.269 e. The highest BCUT2D eigenvalue weighted by Crippen LogP contribution is 2.35. The van der Waals surface area contributed by atoms with E-state index >= 15 is 0 Å². The monoisotopic (exact) mass is 312 g/mol. The van der Waals surface area contributed by atoms with E-state index in [4.69, 9.17) is 9.47 Å². The van der Waals surface area contributed by atoms with E-state index in [1.165, 1.54) is 0 Å². The van der Waals surface area contributed by atoms with E-state index in [-0.39, 0.29) is 11.8 Å². The van der Waals surface area contributed by atoms with Crippen LogP contribution >= 0.6 is 0 Å². The molecular formula is C18H20N2O3. The molecule has 0 spiro atoms. The summed E-state index contributed by atoms with van der Waals surface area (Å²) in [6.45, 7) is 3.00. The minimum Gasteiger partial charge on any atom is -0.493 e. The lowest BCUT2D eigenvalue weighted by atomic mass is 9.96. The summed E-state index contributed by atoms with van der Waals surface area (Å²) < 4.78 is 11.1. The lowest BCUT2D eigenvalue weighted by molar-refractivity contribution is 0.0933. The average Bonchev–Trinajstić information content (AvgIpc) is 2.58. The Hall–Kier alpha value is -2.56. The molecule has 1 unspecified atom stereocenters. The van der Waals surface area contributed by atoms with Crippen molar-refractivity contribution in [2.75, 3.05) is 20.3 Å². The third-order valence-electron chi connectivity index (χ3n) is 3.92. The number of fused-ring (bicyclic) bond motifs is 1. The van der Waals surface area contributed by atoms with Crippen molar-refractivity contribution in [3.05, 3.63) is 53.3 Å². The van der Waals surface area contributed by atoms with Crippen LogP contribution in [0.2, 0.25) is 0 Å². The number of pyridine rings is 1. The Bertz CT molecular complexity index is 715. The summed E-state index contributed by atoms with van der Waals surface area (Å²) >= 11 is 0. The Labute approximate surface area is 135 Å². The Morgan fingerprint density at radius 1 is 1.35 bits per heavy atom. The fraction of sp³-hybridized carbons (Fsp3) is 0.333. The van der Waals surface area contributed by atoms with Gasteiger partial charge in [-0.2, -0.15) is 0 Å². The number of nitrogens with zero attached hydrogens (tertiary/aromatic N) is 1. The zero-order valence-corrected chi connectivity index (χ0v) is 13.3. The molecule has 120 valence electrons. The fourth-order valence-electron chi connectivity index (χ4n) is 2.75. The molecule has 1 N–H and O–H groups in total. The maximum absolute atomic E-state index is 12.2. The van der Waals surface area contributed by atoms with Crippen molar-refractivity contribution in [3.8, 4) is 11.5 Å². The first kappa shape index (κ1) is 15.3. The van der Waals surface area contributed by atoms with Crippen LogP contribution in [-0.4, -0.2) is 31.2 Å². The van der Waals surface area contributed by atoms with Gasteiger partial charge in [0.2, 0.25) is 0 Å². The summed E-state index contributed by atoms with van der Waals surface area (Å²) in [5, 5.41) is 2.94. The van der Waals surface area contributed by atoms with Crippen molar-refractivity contribution in [2.45, 2.75) is 13.3 Å². The SMILES string of the molecule is COc1cccc2c1OCC(CNC(=O)c1cccc(C)n1)C2. The summed E-state index contributed by atoms with van der Waals surface area (Å²) in [6, 6.07) is 11.3. The van der Waals surface area contributed by atoms with Gasteiger partial charge in [-0.3, -0.25) is 4.79 Å². The topological polar surface area (TPSA) is 60.5 Å². The molecule has 0 saturated carbocycles. The Morgan fingerprint density at radius 2 is 2.17 bits per heavy atom. The molecule has 1 aromatic carbocycles. The number of methoxy groups -OCH3 is 1. The molecule has 1 aromatic heterocycles. The van der Waals surface area contributed by atoms with Gasteiger partial charge in [-0.05, 0) is 37.1 Å². The van der Waals surface area contributed by atoms with Crippen LogP contribution in [0, 0.1) is 12.8 Å². The van der Waals surface area contributed by atoms with Crippen molar-refractivity contribution in [1.82, 2.24) is 10.3 Å². The van der Waals surface area contributed by atoms with Gasteiger partial charge < -0.3 is 14.8 Å². The zero-order valence-electron chi connectivity index (χ0n) is 13.3. The number of amides is 1. The van der Waals surface area contributed by atoms with Crippen LogP contribution in [0.4, 0.5) is 0 Å². The summed E-state index contributed by atoms with van der Waals surface area (Å²) in [4.78, 5) is 16.4. The third-order valence-corrected chi connectivity index (χ3v) is 3.92. The quantitative estimate of drug-likeness (QED) is 0.941. The lowest BCUT2D eigenvalue weighted by Gasteiger charge is -2.26. The van der Waals surface area contributed by atoms with Gasteiger partial charge in [0.05, 0.1) is 13.7 Å². The van der Waals surface area contributed by atoms with E-state index in [1.54, 1.807) is 13.2 Å². The lowest BCUT2D eigenvalue weighted by Crippen LogP contribution is -2.35. The van der Waals surface area contributed by atoms with Crippen LogP contribution in [-0.2, 0) is 6.42 Å². The Kier molecular flexibility index (Phi) is 4.46. The number of aromatic nitrogens is 1. The number of carbonyl (C=O) groups is 1. The number of para-hydroxylation sites is 1. The Morgan fingerprint density at radius 3 is 2.96 bits per heavy atom. The minimum absolute atomic E-state index is 0.148. The van der Waals surface area contributed by atoms with Gasteiger partial charge >= 0.3 is 0 Å². The first-order chi connectivity index (χ1) is 11.2. The number of rotatable bonds is 4. The molecule has 1 aliphatic heterocycles. The molecule has 1 atom stereocenters. The van der Waals surface area contributed by atoms with Crippen molar-refractivity contribution in [3.63, 3.8) is 0 Å². The molecule has 2 heterocycles. The number of hydrogen-bond donors (Lipinski definition) is 1. The van der Waals surface area contributed by atoms with E-state index in [1.807, 2.05) is 37.3 Å². The number of ether oxygens (including phenoxy) is 2. The second-order valence-electron chi connectivity index (χ2n) is 5.70. The highest BCUT2D eigenvalue weighted by atomic mass is 16.5. The molecule has 0 radical (unpaired) electrons. The highest BCUT2D eigenvalue weighted by molar-refractivity contribution is 5.92. The molecule has 2 aromatic rings. The fourth-order valence-corrected chi connectivity index (χ4v) is 2.75. The molecule has 0 aliphatic carbocycles. The average molecular weight is 312 g/mol. The molecule has 1 amide bonds. The van der Waals surface area contributed by atoms with Crippen LogP contribution in [0.1, 0.15) is 21.7 Å². The normalized spacial score (nSPS) is 16.2. The van der Waals surface area contributed by atoms with Gasteiger partial charge in [-0.1, -0.05) is 18.2 Å². The molecule has 0 saturated heterocycles. The number of aryl methyl sites for hydroxylation is 1. The second-order valence-corrected chi connectivity index (χ2v) is 5.70. The van der Waals surface area contributed by atoms with Gasteiger partial charge in [0.1, 0.15) is 5.69 Å². The second kappa shape index (κ2) is 6.69. The first-order valence-electron chi connectivity index (χ1n) is 7.68. The molecule has 1 aliphatic rings. The van der Waals surface area contributed by atoms with E-state index in [2.05, 4.69) is 10.3 Å². The maximum atomic E-state index is 12.2. The van der Waals surface area contributed by atoms with Crippen molar-refractivity contribution >= 4 is 5.91 Å². The molecule has 5 heteroatoms. The van der Waals surface area contributed by atoms with Crippen molar-refractivity contribution in [2.24, 2.45) is 5.92 Å². The Balaban J connectivity index is 1.61. The van der Waals surface area contributed by atoms with E-state index in [9.17, 15) is 4.79 Å². The van der Waals surface area contributed by atoms with Crippen LogP contribution < -0.4 is 14.8 Å². The van der Waals surface area contributed by atoms with Gasteiger partial charge in [0, 0.05) is 18.2 Å². The molecule has 0 bridgehead atoms. The molecule has 5 nitrogen and oxygen atoms in total. The smallest absolute Gasteiger partial charge is 0.269 e. The van der Waals surface area contributed by atoms with Gasteiger partial charge in [0.15, 0.2) is 11.5 Å². The highest BCUT2D eigenvalue weighted by Gasteiger charge is 2.23. The van der Waals surface area contributed by atoms with E-state index in [0.29, 0.717) is 18.8 Å². The largest absolute Gasteiger partial charge is 0.493 e. The summed E-state index contributed by atoms with van der Waals surface area (Å²) in [5.74, 6) is 1.67. The standard InChI is InChI=1S/C18H20N2O3/c1-12-5-3-7-15(20-12)18(21)19-10-13-9-14-6-4-8-16(22-2)17(14)23-11-13/h3-8,13H,9-11H2,1-2H3,(H,19,21). The van der Waals surface area contributed by atoms with Crippen molar-refractivity contribution < 1.29 is 14.3 Å². The summed E-state index contributed by atoms with van der Waals surface area (Å²) in [7, 11) is 1.64. The van der Waals surface area contributed by atoms with Crippen LogP contribution in [0.3, 0.4) is 0 Å². The third kappa shape index (κ3) is 3.44. The minimum atomic E-state index is -0.148.